The van der Waals surface area contributed by atoms with Gasteiger partial charge in [-0.05, 0) is 36.2 Å². The second-order valence-electron chi connectivity index (χ2n) is 5.74. The zero-order chi connectivity index (χ0) is 16.9. The fraction of sp³-hybridized carbons (Fsp3) is 0.0952. The van der Waals surface area contributed by atoms with E-state index < -0.39 is 0 Å². The Morgan fingerprint density at radius 2 is 1.54 bits per heavy atom. The molecule has 3 aromatic rings. The summed E-state index contributed by atoms with van der Waals surface area (Å²) in [7, 11) is 0. The topological polar surface area (TPSA) is 29.1 Å². The van der Waals surface area contributed by atoms with Gasteiger partial charge in [0.25, 0.3) is 5.91 Å². The molecule has 1 amide bonds. The van der Waals surface area contributed by atoms with Crippen molar-refractivity contribution >= 4 is 17.5 Å². The molecule has 0 spiro atoms. The van der Waals surface area contributed by atoms with Crippen molar-refractivity contribution in [2.24, 2.45) is 0 Å². The number of carbonyl (C=O) groups is 1. The number of nitrogens with one attached hydrogen (secondary N) is 1. The molecule has 0 fully saturated rings. The van der Waals surface area contributed by atoms with Crippen molar-refractivity contribution in [3.63, 3.8) is 0 Å². The third-order valence-corrected chi connectivity index (χ3v) is 4.14. The van der Waals surface area contributed by atoms with Crippen molar-refractivity contribution in [1.82, 2.24) is 5.32 Å². The Morgan fingerprint density at radius 3 is 2.21 bits per heavy atom. The Bertz CT molecular complexity index is 828. The van der Waals surface area contributed by atoms with E-state index in [9.17, 15) is 4.79 Å². The lowest BCUT2D eigenvalue weighted by atomic mass is 9.97. The standard InChI is InChI=1S/C21H18ClNO/c1-15-10-12-17(13-11-15)20(16-6-3-2-4-7-16)23-21(24)18-8-5-9-19(22)14-18/h2-14,20H,1H3,(H,23,24)/t20-/m1/s1. The molecule has 24 heavy (non-hydrogen) atoms. The van der Waals surface area contributed by atoms with E-state index in [-0.39, 0.29) is 11.9 Å². The van der Waals surface area contributed by atoms with Crippen molar-refractivity contribution in [3.05, 3.63) is 106 Å². The summed E-state index contributed by atoms with van der Waals surface area (Å²) < 4.78 is 0. The van der Waals surface area contributed by atoms with E-state index in [0.717, 1.165) is 11.1 Å². The molecule has 0 aliphatic carbocycles. The highest BCUT2D eigenvalue weighted by Gasteiger charge is 2.17. The molecule has 0 aliphatic heterocycles. The second-order valence-corrected chi connectivity index (χ2v) is 6.17. The van der Waals surface area contributed by atoms with Crippen LogP contribution < -0.4 is 5.32 Å². The summed E-state index contributed by atoms with van der Waals surface area (Å²) in [5.41, 5.74) is 3.82. The van der Waals surface area contributed by atoms with E-state index in [1.54, 1.807) is 24.3 Å². The van der Waals surface area contributed by atoms with Crippen LogP contribution in [0.5, 0.6) is 0 Å². The summed E-state index contributed by atoms with van der Waals surface area (Å²) in [6, 6.07) is 24.9. The van der Waals surface area contributed by atoms with Gasteiger partial charge in [-0.15, -0.1) is 0 Å². The lowest BCUT2D eigenvalue weighted by molar-refractivity contribution is 0.0943. The molecule has 2 nitrogen and oxygen atoms in total. The molecule has 0 unspecified atom stereocenters. The van der Waals surface area contributed by atoms with Gasteiger partial charge < -0.3 is 5.32 Å². The molecule has 1 N–H and O–H groups in total. The van der Waals surface area contributed by atoms with Crippen molar-refractivity contribution in [1.29, 1.82) is 0 Å². The van der Waals surface area contributed by atoms with E-state index in [2.05, 4.69) is 17.4 Å². The summed E-state index contributed by atoms with van der Waals surface area (Å²) >= 11 is 6.00. The van der Waals surface area contributed by atoms with Crippen LogP contribution in [0.3, 0.4) is 0 Å². The number of hydrogen-bond acceptors (Lipinski definition) is 1. The number of benzene rings is 3. The van der Waals surface area contributed by atoms with Crippen LogP contribution in [0.15, 0.2) is 78.9 Å². The van der Waals surface area contributed by atoms with Gasteiger partial charge in [0.05, 0.1) is 6.04 Å². The molecule has 120 valence electrons. The first-order chi connectivity index (χ1) is 11.6. The molecule has 0 aromatic heterocycles. The summed E-state index contributed by atoms with van der Waals surface area (Å²) in [4.78, 5) is 12.7. The second kappa shape index (κ2) is 7.33. The number of carbonyl (C=O) groups excluding carboxylic acids is 1. The molecule has 1 atom stereocenters. The van der Waals surface area contributed by atoms with Gasteiger partial charge in [-0.25, -0.2) is 0 Å². The van der Waals surface area contributed by atoms with E-state index in [1.165, 1.54) is 5.56 Å². The van der Waals surface area contributed by atoms with Crippen molar-refractivity contribution in [2.75, 3.05) is 0 Å². The Labute approximate surface area is 147 Å². The average molecular weight is 336 g/mol. The van der Waals surface area contributed by atoms with Gasteiger partial charge in [-0.1, -0.05) is 77.8 Å². The van der Waals surface area contributed by atoms with E-state index in [1.807, 2.05) is 49.4 Å². The van der Waals surface area contributed by atoms with Crippen LogP contribution in [0.1, 0.15) is 33.1 Å². The van der Waals surface area contributed by atoms with Crippen LogP contribution in [-0.2, 0) is 0 Å². The minimum Gasteiger partial charge on any atom is -0.341 e. The minimum atomic E-state index is -0.210. The molecule has 0 radical (unpaired) electrons. The Balaban J connectivity index is 1.93. The van der Waals surface area contributed by atoms with Gasteiger partial charge in [-0.2, -0.15) is 0 Å². The maximum absolute atomic E-state index is 12.7. The van der Waals surface area contributed by atoms with E-state index >= 15 is 0 Å². The third-order valence-electron chi connectivity index (χ3n) is 3.91. The van der Waals surface area contributed by atoms with E-state index in [4.69, 9.17) is 11.6 Å². The number of rotatable bonds is 4. The predicted octanol–water partition coefficient (Wildman–Crippen LogP) is 5.17. The maximum Gasteiger partial charge on any atom is 0.252 e. The monoisotopic (exact) mass is 335 g/mol. The highest BCUT2D eigenvalue weighted by atomic mass is 35.5. The van der Waals surface area contributed by atoms with Gasteiger partial charge in [-0.3, -0.25) is 4.79 Å². The molecule has 0 saturated heterocycles. The molecular formula is C21H18ClNO. The normalized spacial score (nSPS) is 11.8. The summed E-state index contributed by atoms with van der Waals surface area (Å²) in [6.07, 6.45) is 0. The largest absolute Gasteiger partial charge is 0.341 e. The number of amides is 1. The van der Waals surface area contributed by atoms with Gasteiger partial charge >= 0.3 is 0 Å². The number of aryl methyl sites for hydroxylation is 1. The third kappa shape index (κ3) is 3.84. The Kier molecular flexibility index (Phi) is 4.97. The first kappa shape index (κ1) is 16.3. The number of hydrogen-bond donors (Lipinski definition) is 1. The highest BCUT2D eigenvalue weighted by Crippen LogP contribution is 2.23. The van der Waals surface area contributed by atoms with E-state index in [0.29, 0.717) is 10.6 Å². The molecule has 3 aromatic carbocycles. The van der Waals surface area contributed by atoms with Crippen LogP contribution in [0.2, 0.25) is 5.02 Å². The Morgan fingerprint density at radius 1 is 0.875 bits per heavy atom. The fourth-order valence-electron chi connectivity index (χ4n) is 2.61. The molecule has 0 saturated carbocycles. The van der Waals surface area contributed by atoms with Gasteiger partial charge in [0.1, 0.15) is 0 Å². The van der Waals surface area contributed by atoms with Crippen molar-refractivity contribution in [3.8, 4) is 0 Å². The number of halogens is 1. The van der Waals surface area contributed by atoms with Crippen LogP contribution >= 0.6 is 11.6 Å². The smallest absolute Gasteiger partial charge is 0.252 e. The molecule has 0 aliphatic rings. The molecule has 3 heteroatoms. The first-order valence-corrected chi connectivity index (χ1v) is 8.19. The highest BCUT2D eigenvalue weighted by molar-refractivity contribution is 6.30. The van der Waals surface area contributed by atoms with Crippen LogP contribution in [0.4, 0.5) is 0 Å². The fourth-order valence-corrected chi connectivity index (χ4v) is 2.80. The quantitative estimate of drug-likeness (QED) is 0.700. The molecular weight excluding hydrogens is 318 g/mol. The lowest BCUT2D eigenvalue weighted by Crippen LogP contribution is -2.29. The lowest BCUT2D eigenvalue weighted by Gasteiger charge is -2.20. The Hall–Kier alpha value is -2.58. The SMILES string of the molecule is Cc1ccc([C@H](NC(=O)c2cccc(Cl)c2)c2ccccc2)cc1. The zero-order valence-corrected chi connectivity index (χ0v) is 14.1. The van der Waals surface area contributed by atoms with Crippen LogP contribution in [0, 0.1) is 6.92 Å². The minimum absolute atomic E-state index is 0.146. The van der Waals surface area contributed by atoms with Crippen molar-refractivity contribution < 1.29 is 4.79 Å². The maximum atomic E-state index is 12.7. The average Bonchev–Trinajstić information content (AvgIpc) is 2.61. The first-order valence-electron chi connectivity index (χ1n) is 7.81. The molecule has 0 heterocycles. The summed E-state index contributed by atoms with van der Waals surface area (Å²) in [6.45, 7) is 2.05. The van der Waals surface area contributed by atoms with Gasteiger partial charge in [0.2, 0.25) is 0 Å². The van der Waals surface area contributed by atoms with Crippen LogP contribution in [-0.4, -0.2) is 5.91 Å². The van der Waals surface area contributed by atoms with Crippen LogP contribution in [0.25, 0.3) is 0 Å². The van der Waals surface area contributed by atoms with Crippen molar-refractivity contribution in [2.45, 2.75) is 13.0 Å². The van der Waals surface area contributed by atoms with Gasteiger partial charge in [0.15, 0.2) is 0 Å². The summed E-state index contributed by atoms with van der Waals surface area (Å²) in [5, 5.41) is 3.67. The summed E-state index contributed by atoms with van der Waals surface area (Å²) in [5.74, 6) is -0.146. The zero-order valence-electron chi connectivity index (χ0n) is 13.4. The molecule has 0 bridgehead atoms. The van der Waals surface area contributed by atoms with Gasteiger partial charge in [0, 0.05) is 10.6 Å². The molecule has 3 rings (SSSR count). The predicted molar refractivity (Wildman–Crippen MR) is 98.4 cm³/mol.